The molecule has 2 heterocycles. The summed E-state index contributed by atoms with van der Waals surface area (Å²) in [6.07, 6.45) is 2.28. The summed E-state index contributed by atoms with van der Waals surface area (Å²) in [5, 5.41) is 12.8. The van der Waals surface area contributed by atoms with Gasteiger partial charge < -0.3 is 20.1 Å². The highest BCUT2D eigenvalue weighted by Crippen LogP contribution is 2.35. The molecule has 1 aromatic heterocycles. The van der Waals surface area contributed by atoms with E-state index in [2.05, 4.69) is 20.8 Å². The molecule has 0 aromatic carbocycles. The molecule has 9 nitrogen and oxygen atoms in total. The number of anilines is 1. The summed E-state index contributed by atoms with van der Waals surface area (Å²) in [5.41, 5.74) is 0.962. The summed E-state index contributed by atoms with van der Waals surface area (Å²) in [5.74, 6) is 0.694. The van der Waals surface area contributed by atoms with Gasteiger partial charge >= 0.3 is 6.09 Å². The number of nitrogens with zero attached hydrogens (tertiary/aromatic N) is 2. The standard InChI is InChI=1S/C18H29N5O4/c1-11(2)19-18(25)27-13-5-4-12(6-13)15-7-16(22-21-15)20-17(24)10-23-8-14(9-23)26-3/h7,11-14H,4-6,8-10H2,1-3H3,(H,19,25)(H2,20,21,22,24)/t12-,13+/m0/s1. The quantitative estimate of drug-likeness (QED) is 0.662. The molecule has 0 unspecified atom stereocenters. The molecule has 1 aromatic rings. The van der Waals surface area contributed by atoms with Crippen molar-refractivity contribution in [3.63, 3.8) is 0 Å². The number of aromatic amines is 1. The Morgan fingerprint density at radius 1 is 1.33 bits per heavy atom. The molecule has 1 saturated heterocycles. The van der Waals surface area contributed by atoms with Crippen LogP contribution in [0.4, 0.5) is 10.6 Å². The van der Waals surface area contributed by atoms with Gasteiger partial charge in [-0.2, -0.15) is 5.10 Å². The van der Waals surface area contributed by atoms with E-state index in [1.165, 1.54) is 0 Å². The Labute approximate surface area is 159 Å². The molecule has 2 atom stereocenters. The Balaban J connectivity index is 1.42. The molecule has 0 radical (unpaired) electrons. The largest absolute Gasteiger partial charge is 0.446 e. The summed E-state index contributed by atoms with van der Waals surface area (Å²) in [6.45, 7) is 5.70. The second-order valence-electron chi connectivity index (χ2n) is 7.64. The predicted molar refractivity (Wildman–Crippen MR) is 99.6 cm³/mol. The van der Waals surface area contributed by atoms with Crippen LogP contribution in [0, 0.1) is 0 Å². The Bertz CT molecular complexity index is 656. The van der Waals surface area contributed by atoms with Gasteiger partial charge in [-0.15, -0.1) is 0 Å². The zero-order valence-corrected chi connectivity index (χ0v) is 16.2. The third kappa shape index (κ3) is 5.43. The van der Waals surface area contributed by atoms with Crippen LogP contribution in [0.3, 0.4) is 0 Å². The van der Waals surface area contributed by atoms with E-state index in [1.807, 2.05) is 24.8 Å². The van der Waals surface area contributed by atoms with Crippen molar-refractivity contribution in [3.05, 3.63) is 11.8 Å². The second-order valence-corrected chi connectivity index (χ2v) is 7.64. The number of amides is 2. The Morgan fingerprint density at radius 3 is 2.81 bits per heavy atom. The molecule has 0 bridgehead atoms. The van der Waals surface area contributed by atoms with Crippen molar-refractivity contribution in [1.82, 2.24) is 20.4 Å². The molecule has 1 aliphatic carbocycles. The number of ether oxygens (including phenoxy) is 2. The number of rotatable bonds is 7. The van der Waals surface area contributed by atoms with Gasteiger partial charge in [0.05, 0.1) is 12.6 Å². The maximum atomic E-state index is 12.1. The molecule has 150 valence electrons. The second kappa shape index (κ2) is 8.71. The van der Waals surface area contributed by atoms with Crippen LogP contribution in [0.5, 0.6) is 0 Å². The average molecular weight is 379 g/mol. The lowest BCUT2D eigenvalue weighted by Crippen LogP contribution is -2.54. The highest BCUT2D eigenvalue weighted by Gasteiger charge is 2.31. The number of aromatic nitrogens is 2. The van der Waals surface area contributed by atoms with Gasteiger partial charge in [-0.1, -0.05) is 0 Å². The van der Waals surface area contributed by atoms with Crippen molar-refractivity contribution in [2.75, 3.05) is 32.1 Å². The van der Waals surface area contributed by atoms with Crippen molar-refractivity contribution in [1.29, 1.82) is 0 Å². The SMILES string of the molecule is COC1CN(CC(=O)Nc2cc([C@H]3CC[C@@H](OC(=O)NC(C)C)C3)[nH]n2)C1. The van der Waals surface area contributed by atoms with E-state index in [0.717, 1.165) is 38.0 Å². The third-order valence-corrected chi connectivity index (χ3v) is 4.99. The maximum Gasteiger partial charge on any atom is 0.407 e. The fraction of sp³-hybridized carbons (Fsp3) is 0.722. The Hall–Kier alpha value is -2.13. The van der Waals surface area contributed by atoms with Gasteiger partial charge in [-0.05, 0) is 33.1 Å². The van der Waals surface area contributed by atoms with Gasteiger partial charge in [0.2, 0.25) is 5.91 Å². The first kappa shape index (κ1) is 19.6. The number of H-pyrrole nitrogens is 1. The number of hydrogen-bond donors (Lipinski definition) is 3. The molecule has 0 spiro atoms. The molecule has 1 aliphatic heterocycles. The molecule has 2 amide bonds. The van der Waals surface area contributed by atoms with Gasteiger partial charge in [0.15, 0.2) is 5.82 Å². The minimum absolute atomic E-state index is 0.0603. The first-order valence-corrected chi connectivity index (χ1v) is 9.50. The molecule has 2 fully saturated rings. The Morgan fingerprint density at radius 2 is 2.11 bits per heavy atom. The maximum absolute atomic E-state index is 12.1. The molecular weight excluding hydrogens is 350 g/mol. The van der Waals surface area contributed by atoms with Crippen molar-refractivity contribution >= 4 is 17.8 Å². The number of carbonyl (C=O) groups is 2. The minimum atomic E-state index is -0.366. The first-order chi connectivity index (χ1) is 12.9. The van der Waals surface area contributed by atoms with Crippen LogP contribution in [0.1, 0.15) is 44.7 Å². The van der Waals surface area contributed by atoms with E-state index in [1.54, 1.807) is 7.11 Å². The minimum Gasteiger partial charge on any atom is -0.446 e. The fourth-order valence-corrected chi connectivity index (χ4v) is 3.55. The van der Waals surface area contributed by atoms with Crippen LogP contribution >= 0.6 is 0 Å². The summed E-state index contributed by atoms with van der Waals surface area (Å²) in [6, 6.07) is 1.93. The van der Waals surface area contributed by atoms with Crippen molar-refractivity contribution in [2.24, 2.45) is 0 Å². The number of hydrogen-bond acceptors (Lipinski definition) is 6. The highest BCUT2D eigenvalue weighted by atomic mass is 16.6. The number of carbonyl (C=O) groups excluding carboxylic acids is 2. The van der Waals surface area contributed by atoms with Gasteiger partial charge in [0, 0.05) is 43.9 Å². The molecule has 9 heteroatoms. The predicted octanol–water partition coefficient (Wildman–Crippen LogP) is 1.45. The number of nitrogens with one attached hydrogen (secondary N) is 3. The number of likely N-dealkylation sites (tertiary alicyclic amines) is 1. The molecule has 1 saturated carbocycles. The molecule has 2 aliphatic rings. The van der Waals surface area contributed by atoms with Gasteiger partial charge in [0.25, 0.3) is 0 Å². The summed E-state index contributed by atoms with van der Waals surface area (Å²) >= 11 is 0. The smallest absolute Gasteiger partial charge is 0.407 e. The summed E-state index contributed by atoms with van der Waals surface area (Å²) in [7, 11) is 1.68. The van der Waals surface area contributed by atoms with Crippen LogP contribution in [-0.4, -0.2) is 72.1 Å². The van der Waals surface area contributed by atoms with Crippen LogP contribution in [0.15, 0.2) is 6.07 Å². The lowest BCUT2D eigenvalue weighted by molar-refractivity contribution is -0.120. The van der Waals surface area contributed by atoms with E-state index < -0.39 is 0 Å². The highest BCUT2D eigenvalue weighted by molar-refractivity contribution is 5.91. The summed E-state index contributed by atoms with van der Waals surface area (Å²) in [4.78, 5) is 25.8. The Kier molecular flexibility index (Phi) is 6.33. The third-order valence-electron chi connectivity index (χ3n) is 4.99. The van der Waals surface area contributed by atoms with Crippen molar-refractivity contribution < 1.29 is 19.1 Å². The first-order valence-electron chi connectivity index (χ1n) is 9.50. The van der Waals surface area contributed by atoms with E-state index in [4.69, 9.17) is 9.47 Å². The van der Waals surface area contributed by atoms with Gasteiger partial charge in [-0.25, -0.2) is 4.79 Å². The topological polar surface area (TPSA) is 109 Å². The zero-order valence-electron chi connectivity index (χ0n) is 16.2. The van der Waals surface area contributed by atoms with Gasteiger partial charge in [0.1, 0.15) is 6.10 Å². The molecule has 27 heavy (non-hydrogen) atoms. The fourth-order valence-electron chi connectivity index (χ4n) is 3.55. The van der Waals surface area contributed by atoms with E-state index in [-0.39, 0.29) is 36.2 Å². The van der Waals surface area contributed by atoms with Crippen LogP contribution in [0.25, 0.3) is 0 Å². The van der Waals surface area contributed by atoms with E-state index >= 15 is 0 Å². The van der Waals surface area contributed by atoms with Crippen molar-refractivity contribution in [3.8, 4) is 0 Å². The normalized spacial score (nSPS) is 23.3. The number of alkyl carbamates (subject to hydrolysis) is 1. The zero-order chi connectivity index (χ0) is 19.4. The van der Waals surface area contributed by atoms with E-state index in [9.17, 15) is 9.59 Å². The van der Waals surface area contributed by atoms with Gasteiger partial charge in [-0.3, -0.25) is 14.8 Å². The van der Waals surface area contributed by atoms with E-state index in [0.29, 0.717) is 12.4 Å². The molecule has 3 rings (SSSR count). The molecule has 3 N–H and O–H groups in total. The number of methoxy groups -OCH3 is 1. The summed E-state index contributed by atoms with van der Waals surface area (Å²) < 4.78 is 10.7. The lowest BCUT2D eigenvalue weighted by atomic mass is 10.0. The lowest BCUT2D eigenvalue weighted by Gasteiger charge is -2.37. The van der Waals surface area contributed by atoms with Crippen LogP contribution < -0.4 is 10.6 Å². The molecular formula is C18H29N5O4. The van der Waals surface area contributed by atoms with Crippen molar-refractivity contribution in [2.45, 2.75) is 57.3 Å². The average Bonchev–Trinajstić information content (AvgIpc) is 3.18. The monoisotopic (exact) mass is 379 g/mol. The van der Waals surface area contributed by atoms with Crippen LogP contribution in [-0.2, 0) is 14.3 Å². The van der Waals surface area contributed by atoms with Crippen LogP contribution in [0.2, 0.25) is 0 Å².